The molecule has 1 nitrogen and oxygen atoms in total. The van der Waals surface area contributed by atoms with E-state index in [1.54, 1.807) is 11.3 Å². The number of hydrogen-bond acceptors (Lipinski definition) is 1. The highest BCUT2D eigenvalue weighted by atomic mass is 127. The van der Waals surface area contributed by atoms with Gasteiger partial charge in [-0.3, -0.25) is 0 Å². The summed E-state index contributed by atoms with van der Waals surface area (Å²) in [5.41, 5.74) is 1.11. The average molecular weight is 298 g/mol. The first-order valence-corrected chi connectivity index (χ1v) is 4.12. The summed E-state index contributed by atoms with van der Waals surface area (Å²) < 4.78 is 1.94. The summed E-state index contributed by atoms with van der Waals surface area (Å²) in [5.74, 6) is 0. The van der Waals surface area contributed by atoms with Gasteiger partial charge in [0, 0.05) is 17.7 Å². The fraction of sp³-hybridized carbons (Fsp3) is 0. The molecule has 1 heterocycles. The number of nitrogens with one attached hydrogen (secondary N) is 1. The molecular formula is C7H5ClINS. The van der Waals surface area contributed by atoms with Crippen LogP contribution in [0.1, 0.15) is 0 Å². The zero-order valence-corrected chi connectivity index (χ0v) is 9.20. The van der Waals surface area contributed by atoms with Crippen LogP contribution in [0.3, 0.4) is 0 Å². The quantitative estimate of drug-likeness (QED) is 0.575. The smallest absolute Gasteiger partial charge is 0.332 e. The summed E-state index contributed by atoms with van der Waals surface area (Å²) >= 11 is 7.31. The number of thiazole rings is 1. The second-order valence-electron chi connectivity index (χ2n) is 2.00. The normalized spacial score (nSPS) is 9.55. The van der Waals surface area contributed by atoms with Gasteiger partial charge in [-0.05, 0) is 17.4 Å². The van der Waals surface area contributed by atoms with Crippen molar-refractivity contribution >= 4 is 33.2 Å². The number of rotatable bonds is 0. The largest absolute Gasteiger partial charge is 1.00 e. The lowest BCUT2D eigenvalue weighted by Gasteiger charge is -1.75. The molecule has 0 saturated carbocycles. The average Bonchev–Trinajstić information content (AvgIpc) is 2.27. The lowest BCUT2D eigenvalue weighted by Crippen LogP contribution is -3.00. The Morgan fingerprint density at radius 3 is 2.73 bits per heavy atom. The van der Waals surface area contributed by atoms with E-state index in [0.29, 0.717) is 0 Å². The van der Waals surface area contributed by atoms with E-state index in [1.807, 2.05) is 24.3 Å². The minimum absolute atomic E-state index is 0. The van der Waals surface area contributed by atoms with Crippen LogP contribution in [0.4, 0.5) is 0 Å². The minimum Gasteiger partial charge on any atom is -1.00 e. The second-order valence-corrected chi connectivity index (χ2v) is 3.65. The second kappa shape index (κ2) is 3.69. The summed E-state index contributed by atoms with van der Waals surface area (Å²) in [6.45, 7) is 0. The molecule has 0 bridgehead atoms. The third-order valence-electron chi connectivity index (χ3n) is 1.32. The highest BCUT2D eigenvalue weighted by molar-refractivity contribution is 7.21. The summed E-state index contributed by atoms with van der Waals surface area (Å²) in [4.78, 5) is 3.04. The van der Waals surface area contributed by atoms with E-state index < -0.39 is 0 Å². The Kier molecular flexibility index (Phi) is 3.09. The molecule has 2 aromatic rings. The van der Waals surface area contributed by atoms with Crippen molar-refractivity contribution in [3.8, 4) is 0 Å². The van der Waals surface area contributed by atoms with E-state index in [9.17, 15) is 0 Å². The van der Waals surface area contributed by atoms with Crippen molar-refractivity contribution in [2.24, 2.45) is 0 Å². The van der Waals surface area contributed by atoms with Crippen molar-refractivity contribution in [2.45, 2.75) is 0 Å². The van der Waals surface area contributed by atoms with Crippen LogP contribution in [0.25, 0.3) is 10.2 Å². The molecule has 1 N–H and O–H groups in total. The van der Waals surface area contributed by atoms with Crippen LogP contribution in [-0.2, 0) is 0 Å². The first-order chi connectivity index (χ1) is 4.86. The number of para-hydroxylation sites is 1. The molecule has 0 aliphatic rings. The molecule has 0 radical (unpaired) electrons. The van der Waals surface area contributed by atoms with Gasteiger partial charge in [0.15, 0.2) is 0 Å². The number of benzene rings is 1. The Bertz CT molecular complexity index is 327. The van der Waals surface area contributed by atoms with Gasteiger partial charge in [-0.15, -0.1) is 0 Å². The molecule has 0 aliphatic heterocycles. The molecule has 1 aromatic heterocycles. The summed E-state index contributed by atoms with van der Waals surface area (Å²) in [5, 5.41) is 0. The van der Waals surface area contributed by atoms with Crippen LogP contribution >= 0.6 is 22.9 Å². The lowest BCUT2D eigenvalue weighted by atomic mass is 10.3. The predicted octanol–water partition coefficient (Wildman–Crippen LogP) is -0.627. The van der Waals surface area contributed by atoms with Crippen LogP contribution in [0.15, 0.2) is 24.3 Å². The topological polar surface area (TPSA) is 14.1 Å². The predicted molar refractivity (Wildman–Crippen MR) is 43.4 cm³/mol. The minimum atomic E-state index is 0. The van der Waals surface area contributed by atoms with E-state index in [-0.39, 0.29) is 24.0 Å². The highest BCUT2D eigenvalue weighted by Gasteiger charge is 2.05. The van der Waals surface area contributed by atoms with E-state index in [0.717, 1.165) is 9.98 Å². The van der Waals surface area contributed by atoms with Crippen molar-refractivity contribution in [1.82, 2.24) is 0 Å². The number of hydrogen-bond donors (Lipinski definition) is 0. The van der Waals surface area contributed by atoms with E-state index in [2.05, 4.69) is 4.98 Å². The van der Waals surface area contributed by atoms with Gasteiger partial charge in [0.2, 0.25) is 5.52 Å². The summed E-state index contributed by atoms with van der Waals surface area (Å²) in [6, 6.07) is 8.05. The first kappa shape index (κ1) is 9.22. The maximum absolute atomic E-state index is 5.75. The van der Waals surface area contributed by atoms with Crippen LogP contribution in [0.2, 0.25) is 4.47 Å². The standard InChI is InChI=1S/C7H4ClNS.HI/c8-7-9-5-3-1-2-4-6(5)10-7;/h1-4H;1H. The Labute approximate surface area is 90.4 Å². The molecule has 0 spiro atoms. The maximum Gasteiger partial charge on any atom is 0.332 e. The number of aromatic nitrogens is 1. The third kappa shape index (κ3) is 1.83. The van der Waals surface area contributed by atoms with E-state index in [1.165, 1.54) is 4.70 Å². The Balaban J connectivity index is 0.000000605. The molecule has 0 fully saturated rings. The van der Waals surface area contributed by atoms with Crippen LogP contribution in [0.5, 0.6) is 0 Å². The monoisotopic (exact) mass is 297 g/mol. The van der Waals surface area contributed by atoms with Gasteiger partial charge in [-0.2, -0.15) is 4.98 Å². The highest BCUT2D eigenvalue weighted by Crippen LogP contribution is 2.20. The molecule has 58 valence electrons. The number of halogens is 2. The molecule has 11 heavy (non-hydrogen) atoms. The lowest BCUT2D eigenvalue weighted by molar-refractivity contribution is -0.335. The van der Waals surface area contributed by atoms with Gasteiger partial charge in [0.1, 0.15) is 4.70 Å². The van der Waals surface area contributed by atoms with Crippen molar-refractivity contribution in [1.29, 1.82) is 0 Å². The molecule has 0 unspecified atom stereocenters. The van der Waals surface area contributed by atoms with Crippen LogP contribution in [-0.4, -0.2) is 0 Å². The zero-order valence-electron chi connectivity index (χ0n) is 5.47. The Morgan fingerprint density at radius 1 is 1.27 bits per heavy atom. The molecule has 2 rings (SSSR count). The van der Waals surface area contributed by atoms with Gasteiger partial charge in [0.25, 0.3) is 0 Å². The third-order valence-corrected chi connectivity index (χ3v) is 2.50. The summed E-state index contributed by atoms with van der Waals surface area (Å²) in [7, 11) is 0. The molecule has 0 amide bonds. The molecule has 0 aliphatic carbocycles. The Morgan fingerprint density at radius 2 is 2.00 bits per heavy atom. The van der Waals surface area contributed by atoms with Crippen molar-refractivity contribution in [3.63, 3.8) is 0 Å². The zero-order chi connectivity index (χ0) is 6.97. The van der Waals surface area contributed by atoms with E-state index >= 15 is 0 Å². The van der Waals surface area contributed by atoms with Gasteiger partial charge >= 0.3 is 4.47 Å². The van der Waals surface area contributed by atoms with Gasteiger partial charge in [0.05, 0.1) is 0 Å². The van der Waals surface area contributed by atoms with Crippen LogP contribution in [0, 0.1) is 0 Å². The van der Waals surface area contributed by atoms with Crippen molar-refractivity contribution < 1.29 is 29.0 Å². The molecular weight excluding hydrogens is 293 g/mol. The van der Waals surface area contributed by atoms with Crippen molar-refractivity contribution in [2.75, 3.05) is 0 Å². The molecule has 4 heteroatoms. The number of aromatic amines is 1. The molecule has 0 saturated heterocycles. The van der Waals surface area contributed by atoms with Crippen LogP contribution < -0.4 is 29.0 Å². The first-order valence-electron chi connectivity index (χ1n) is 2.92. The van der Waals surface area contributed by atoms with Crippen molar-refractivity contribution in [3.05, 3.63) is 28.7 Å². The van der Waals surface area contributed by atoms with Gasteiger partial charge in [-0.25, -0.2) is 0 Å². The van der Waals surface area contributed by atoms with E-state index in [4.69, 9.17) is 11.6 Å². The van der Waals surface area contributed by atoms with Gasteiger partial charge < -0.3 is 24.0 Å². The SMILES string of the molecule is Clc1[nH+]c2ccccc2s1.[I-]. The Hall–Kier alpha value is 0.130. The number of H-pyrrole nitrogens is 1. The van der Waals surface area contributed by atoms with Gasteiger partial charge in [-0.1, -0.05) is 12.1 Å². The maximum atomic E-state index is 5.75. The fourth-order valence-corrected chi connectivity index (χ4v) is 1.97. The number of fused-ring (bicyclic) bond motifs is 1. The summed E-state index contributed by atoms with van der Waals surface area (Å²) in [6.07, 6.45) is 0. The molecule has 1 aromatic carbocycles. The molecule has 0 atom stereocenters. The fourth-order valence-electron chi connectivity index (χ4n) is 0.887.